The lowest BCUT2D eigenvalue weighted by atomic mass is 9.94. The SMILES string of the molecule is CN(C)Cc1cccc(C=O)c1-c1ccccc1. The summed E-state index contributed by atoms with van der Waals surface area (Å²) >= 11 is 0. The van der Waals surface area contributed by atoms with Gasteiger partial charge in [0.25, 0.3) is 0 Å². The predicted molar refractivity (Wildman–Crippen MR) is 74.7 cm³/mol. The van der Waals surface area contributed by atoms with Crippen molar-refractivity contribution < 1.29 is 4.79 Å². The van der Waals surface area contributed by atoms with E-state index in [1.807, 2.05) is 56.6 Å². The minimum Gasteiger partial charge on any atom is -0.305 e. The zero-order valence-electron chi connectivity index (χ0n) is 10.8. The van der Waals surface area contributed by atoms with Gasteiger partial charge in [-0.2, -0.15) is 0 Å². The van der Waals surface area contributed by atoms with E-state index >= 15 is 0 Å². The Labute approximate surface area is 108 Å². The molecule has 0 saturated heterocycles. The number of carbonyl (C=O) groups is 1. The third-order valence-corrected chi connectivity index (χ3v) is 2.86. The molecular formula is C16H17NO. The normalized spacial score (nSPS) is 10.6. The number of carbonyl (C=O) groups excluding carboxylic acids is 1. The smallest absolute Gasteiger partial charge is 0.150 e. The molecule has 2 nitrogen and oxygen atoms in total. The zero-order valence-corrected chi connectivity index (χ0v) is 10.8. The summed E-state index contributed by atoms with van der Waals surface area (Å²) in [5.41, 5.74) is 4.07. The van der Waals surface area contributed by atoms with Crippen LogP contribution in [0.2, 0.25) is 0 Å². The molecule has 2 heteroatoms. The number of aldehydes is 1. The van der Waals surface area contributed by atoms with Crippen LogP contribution in [0, 0.1) is 0 Å². The number of rotatable bonds is 4. The van der Waals surface area contributed by atoms with Gasteiger partial charge in [0, 0.05) is 12.1 Å². The maximum absolute atomic E-state index is 11.2. The molecule has 0 aliphatic carbocycles. The lowest BCUT2D eigenvalue weighted by Gasteiger charge is -2.16. The summed E-state index contributed by atoms with van der Waals surface area (Å²) < 4.78 is 0. The van der Waals surface area contributed by atoms with Gasteiger partial charge in [-0.1, -0.05) is 48.5 Å². The minimum absolute atomic E-state index is 0.751. The summed E-state index contributed by atoms with van der Waals surface area (Å²) in [5.74, 6) is 0. The molecule has 0 unspecified atom stereocenters. The second-order valence-electron chi connectivity index (χ2n) is 4.60. The summed E-state index contributed by atoms with van der Waals surface area (Å²) in [6.07, 6.45) is 0.932. The van der Waals surface area contributed by atoms with Crippen LogP contribution in [-0.4, -0.2) is 25.3 Å². The van der Waals surface area contributed by atoms with E-state index in [0.29, 0.717) is 0 Å². The first-order valence-corrected chi connectivity index (χ1v) is 5.99. The van der Waals surface area contributed by atoms with Crippen molar-refractivity contribution in [1.29, 1.82) is 0 Å². The van der Waals surface area contributed by atoms with E-state index in [0.717, 1.165) is 29.5 Å². The molecule has 0 heterocycles. The molecule has 0 bridgehead atoms. The fourth-order valence-electron chi connectivity index (χ4n) is 2.15. The topological polar surface area (TPSA) is 20.3 Å². The van der Waals surface area contributed by atoms with Crippen LogP contribution in [0.3, 0.4) is 0 Å². The van der Waals surface area contributed by atoms with Crippen molar-refractivity contribution in [1.82, 2.24) is 4.90 Å². The maximum Gasteiger partial charge on any atom is 0.150 e. The van der Waals surface area contributed by atoms with Gasteiger partial charge in [-0.25, -0.2) is 0 Å². The summed E-state index contributed by atoms with van der Waals surface area (Å²) in [4.78, 5) is 13.3. The molecule has 92 valence electrons. The largest absolute Gasteiger partial charge is 0.305 e. The standard InChI is InChI=1S/C16H17NO/c1-17(2)11-14-9-6-10-15(12-18)16(14)13-7-4-3-5-8-13/h3-10,12H,11H2,1-2H3. The molecule has 0 saturated carbocycles. The molecule has 0 N–H and O–H groups in total. The lowest BCUT2D eigenvalue weighted by molar-refractivity contribution is 0.112. The van der Waals surface area contributed by atoms with E-state index in [4.69, 9.17) is 0 Å². The van der Waals surface area contributed by atoms with Gasteiger partial charge in [0.1, 0.15) is 0 Å². The Morgan fingerprint density at radius 2 is 1.72 bits per heavy atom. The first-order valence-electron chi connectivity index (χ1n) is 5.99. The van der Waals surface area contributed by atoms with E-state index < -0.39 is 0 Å². The minimum atomic E-state index is 0.751. The van der Waals surface area contributed by atoms with Gasteiger partial charge in [-0.3, -0.25) is 4.79 Å². The number of hydrogen-bond donors (Lipinski definition) is 0. The number of benzene rings is 2. The van der Waals surface area contributed by atoms with E-state index in [1.54, 1.807) is 0 Å². The average Bonchev–Trinajstić information content (AvgIpc) is 2.38. The maximum atomic E-state index is 11.2. The van der Waals surface area contributed by atoms with E-state index in [1.165, 1.54) is 5.56 Å². The van der Waals surface area contributed by atoms with Crippen LogP contribution in [0.4, 0.5) is 0 Å². The quantitative estimate of drug-likeness (QED) is 0.763. The van der Waals surface area contributed by atoms with Crippen molar-refractivity contribution in [2.24, 2.45) is 0 Å². The lowest BCUT2D eigenvalue weighted by Crippen LogP contribution is -2.12. The van der Waals surface area contributed by atoms with Gasteiger partial charge in [-0.05, 0) is 30.8 Å². The highest BCUT2D eigenvalue weighted by Crippen LogP contribution is 2.27. The Morgan fingerprint density at radius 3 is 2.33 bits per heavy atom. The van der Waals surface area contributed by atoms with Crippen LogP contribution in [0.15, 0.2) is 48.5 Å². The molecule has 0 atom stereocenters. The van der Waals surface area contributed by atoms with Gasteiger partial charge in [0.05, 0.1) is 0 Å². The molecule has 18 heavy (non-hydrogen) atoms. The molecule has 2 aromatic rings. The van der Waals surface area contributed by atoms with Crippen LogP contribution in [-0.2, 0) is 6.54 Å². The van der Waals surface area contributed by atoms with E-state index in [-0.39, 0.29) is 0 Å². The molecule has 0 aliphatic heterocycles. The molecular weight excluding hydrogens is 222 g/mol. The Balaban J connectivity index is 2.58. The first kappa shape index (κ1) is 12.5. The third-order valence-electron chi connectivity index (χ3n) is 2.86. The first-order chi connectivity index (χ1) is 8.72. The molecule has 0 fully saturated rings. The highest BCUT2D eigenvalue weighted by Gasteiger charge is 2.10. The molecule has 2 rings (SSSR count). The summed E-state index contributed by atoms with van der Waals surface area (Å²) in [6.45, 7) is 0.825. The fourth-order valence-corrected chi connectivity index (χ4v) is 2.15. The Kier molecular flexibility index (Phi) is 3.90. The predicted octanol–water partition coefficient (Wildman–Crippen LogP) is 3.23. The van der Waals surface area contributed by atoms with Crippen molar-refractivity contribution in [2.45, 2.75) is 6.54 Å². The van der Waals surface area contributed by atoms with Crippen LogP contribution in [0.1, 0.15) is 15.9 Å². The summed E-state index contributed by atoms with van der Waals surface area (Å²) in [6, 6.07) is 16.0. The van der Waals surface area contributed by atoms with Crippen molar-refractivity contribution in [3.63, 3.8) is 0 Å². The monoisotopic (exact) mass is 239 g/mol. The molecule has 0 radical (unpaired) electrons. The van der Waals surface area contributed by atoms with Gasteiger partial charge in [0.2, 0.25) is 0 Å². The highest BCUT2D eigenvalue weighted by atomic mass is 16.1. The molecule has 0 spiro atoms. The van der Waals surface area contributed by atoms with Crippen molar-refractivity contribution in [2.75, 3.05) is 14.1 Å². The third kappa shape index (κ3) is 2.66. The second-order valence-corrected chi connectivity index (χ2v) is 4.60. The van der Waals surface area contributed by atoms with Crippen molar-refractivity contribution >= 4 is 6.29 Å². The van der Waals surface area contributed by atoms with Crippen LogP contribution in [0.25, 0.3) is 11.1 Å². The summed E-state index contributed by atoms with van der Waals surface area (Å²) in [7, 11) is 4.06. The zero-order chi connectivity index (χ0) is 13.0. The van der Waals surface area contributed by atoms with E-state index in [9.17, 15) is 4.79 Å². The fraction of sp³-hybridized carbons (Fsp3) is 0.188. The molecule has 0 aliphatic rings. The van der Waals surface area contributed by atoms with Crippen LogP contribution >= 0.6 is 0 Å². The van der Waals surface area contributed by atoms with Crippen molar-refractivity contribution in [3.8, 4) is 11.1 Å². The molecule has 0 amide bonds. The molecule has 0 aromatic heterocycles. The number of nitrogens with zero attached hydrogens (tertiary/aromatic N) is 1. The Hall–Kier alpha value is -1.93. The van der Waals surface area contributed by atoms with Gasteiger partial charge < -0.3 is 4.90 Å². The second kappa shape index (κ2) is 5.61. The average molecular weight is 239 g/mol. The number of hydrogen-bond acceptors (Lipinski definition) is 2. The van der Waals surface area contributed by atoms with Crippen LogP contribution in [0.5, 0.6) is 0 Å². The van der Waals surface area contributed by atoms with Gasteiger partial charge >= 0.3 is 0 Å². The highest BCUT2D eigenvalue weighted by molar-refractivity contribution is 5.89. The van der Waals surface area contributed by atoms with Gasteiger partial charge in [-0.15, -0.1) is 0 Å². The van der Waals surface area contributed by atoms with Crippen molar-refractivity contribution in [3.05, 3.63) is 59.7 Å². The summed E-state index contributed by atoms with van der Waals surface area (Å²) in [5, 5.41) is 0. The molecule has 2 aromatic carbocycles. The van der Waals surface area contributed by atoms with E-state index in [2.05, 4.69) is 11.0 Å². The van der Waals surface area contributed by atoms with Gasteiger partial charge in [0.15, 0.2) is 6.29 Å². The van der Waals surface area contributed by atoms with Crippen LogP contribution < -0.4 is 0 Å². The Morgan fingerprint density at radius 1 is 1.00 bits per heavy atom. The Bertz CT molecular complexity index is 532.